The Bertz CT molecular complexity index is 442. The number of ether oxygens (including phenoxy) is 2. The molecule has 0 saturated heterocycles. The summed E-state index contributed by atoms with van der Waals surface area (Å²) < 4.78 is 16.7. The zero-order valence-electron chi connectivity index (χ0n) is 16.2. The van der Waals surface area contributed by atoms with Crippen molar-refractivity contribution in [2.24, 2.45) is 0 Å². The van der Waals surface area contributed by atoms with Crippen LogP contribution < -0.4 is 10.1 Å². The van der Waals surface area contributed by atoms with Crippen LogP contribution in [0.4, 0.5) is 0 Å². The van der Waals surface area contributed by atoms with Crippen LogP contribution in [-0.2, 0) is 15.8 Å². The number of hydrogen-bond donors (Lipinski definition) is 2. The van der Waals surface area contributed by atoms with Gasteiger partial charge in [-0.05, 0) is 30.4 Å². The van der Waals surface area contributed by atoms with E-state index in [0.717, 1.165) is 25.0 Å². The van der Waals surface area contributed by atoms with Gasteiger partial charge in [0, 0.05) is 19.7 Å². The Balaban J connectivity index is 2.49. The van der Waals surface area contributed by atoms with Gasteiger partial charge in [-0.1, -0.05) is 45.7 Å². The predicted octanol–water partition coefficient (Wildman–Crippen LogP) is 2.92. The van der Waals surface area contributed by atoms with Gasteiger partial charge in [0.1, 0.15) is 12.4 Å². The molecule has 0 aliphatic rings. The van der Waals surface area contributed by atoms with Crippen molar-refractivity contribution in [3.63, 3.8) is 0 Å². The van der Waals surface area contributed by atoms with E-state index in [1.54, 1.807) is 7.11 Å². The molecule has 0 heterocycles. The SMILES string of the molecule is CCCCB(O)OC(CNC(C)C)COc1ccc(CCOC)cc1. The minimum atomic E-state index is -0.737. The summed E-state index contributed by atoms with van der Waals surface area (Å²) in [5.41, 5.74) is 1.22. The smallest absolute Gasteiger partial charge is 0.454 e. The lowest BCUT2D eigenvalue weighted by Gasteiger charge is -2.22. The van der Waals surface area contributed by atoms with Gasteiger partial charge in [-0.25, -0.2) is 0 Å². The molecule has 0 saturated carbocycles. The van der Waals surface area contributed by atoms with E-state index in [0.29, 0.717) is 32.1 Å². The molecule has 0 radical (unpaired) electrons. The number of nitrogens with one attached hydrogen (secondary N) is 1. The van der Waals surface area contributed by atoms with Crippen LogP contribution in [0, 0.1) is 0 Å². The minimum Gasteiger partial charge on any atom is -0.491 e. The number of unbranched alkanes of at least 4 members (excludes halogenated alkanes) is 1. The first-order valence-corrected chi connectivity index (χ1v) is 9.32. The normalized spacial score (nSPS) is 12.4. The van der Waals surface area contributed by atoms with Gasteiger partial charge in [0.15, 0.2) is 0 Å². The summed E-state index contributed by atoms with van der Waals surface area (Å²) in [5, 5.41) is 13.4. The molecule has 0 aliphatic heterocycles. The minimum absolute atomic E-state index is 0.192. The average Bonchev–Trinajstić information content (AvgIpc) is 2.61. The molecule has 2 N–H and O–H groups in total. The van der Waals surface area contributed by atoms with E-state index < -0.39 is 7.12 Å². The number of methoxy groups -OCH3 is 1. The molecular formula is C19H34BNO4. The van der Waals surface area contributed by atoms with Crippen molar-refractivity contribution in [3.05, 3.63) is 29.8 Å². The predicted molar refractivity (Wildman–Crippen MR) is 103 cm³/mol. The molecule has 1 aromatic rings. The maximum Gasteiger partial charge on any atom is 0.454 e. The summed E-state index contributed by atoms with van der Waals surface area (Å²) in [6.45, 7) is 8.04. The number of rotatable bonds is 14. The Hall–Kier alpha value is -1.08. The monoisotopic (exact) mass is 351 g/mol. The molecule has 0 aliphatic carbocycles. The zero-order chi connectivity index (χ0) is 18.5. The van der Waals surface area contributed by atoms with E-state index in [1.165, 1.54) is 5.56 Å². The third-order valence-corrected chi connectivity index (χ3v) is 3.86. The molecule has 25 heavy (non-hydrogen) atoms. The molecule has 1 unspecified atom stereocenters. The lowest BCUT2D eigenvalue weighted by atomic mass is 9.82. The summed E-state index contributed by atoms with van der Waals surface area (Å²) in [4.78, 5) is 0. The van der Waals surface area contributed by atoms with Crippen LogP contribution in [0.15, 0.2) is 24.3 Å². The second-order valence-corrected chi connectivity index (χ2v) is 6.62. The highest BCUT2D eigenvalue weighted by Crippen LogP contribution is 2.14. The third-order valence-electron chi connectivity index (χ3n) is 3.86. The Morgan fingerprint density at radius 2 is 1.92 bits per heavy atom. The molecule has 1 aromatic carbocycles. The van der Waals surface area contributed by atoms with Crippen LogP contribution in [0.5, 0.6) is 5.75 Å². The summed E-state index contributed by atoms with van der Waals surface area (Å²) in [6.07, 6.45) is 3.35. The first kappa shape index (κ1) is 22.0. The van der Waals surface area contributed by atoms with E-state index in [1.807, 2.05) is 24.3 Å². The second kappa shape index (κ2) is 13.2. The number of hydrogen-bond acceptors (Lipinski definition) is 5. The molecule has 0 fully saturated rings. The molecule has 5 nitrogen and oxygen atoms in total. The van der Waals surface area contributed by atoms with Crippen LogP contribution in [-0.4, -0.2) is 51.2 Å². The van der Waals surface area contributed by atoms with Crippen LogP contribution in [0.1, 0.15) is 39.2 Å². The fourth-order valence-electron chi connectivity index (χ4n) is 2.34. The molecule has 0 aromatic heterocycles. The van der Waals surface area contributed by atoms with E-state index >= 15 is 0 Å². The first-order chi connectivity index (χ1) is 12.0. The molecule has 6 heteroatoms. The molecule has 142 valence electrons. The van der Waals surface area contributed by atoms with Crippen molar-refractivity contribution in [1.29, 1.82) is 0 Å². The van der Waals surface area contributed by atoms with E-state index in [2.05, 4.69) is 26.1 Å². The molecule has 0 amide bonds. The van der Waals surface area contributed by atoms with Crippen molar-refractivity contribution in [1.82, 2.24) is 5.32 Å². The molecule has 0 spiro atoms. The van der Waals surface area contributed by atoms with Gasteiger partial charge in [-0.3, -0.25) is 0 Å². The van der Waals surface area contributed by atoms with Gasteiger partial charge in [0.05, 0.1) is 12.7 Å². The summed E-state index contributed by atoms with van der Waals surface area (Å²) >= 11 is 0. The molecule has 1 atom stereocenters. The Morgan fingerprint density at radius 1 is 1.20 bits per heavy atom. The second-order valence-electron chi connectivity index (χ2n) is 6.62. The van der Waals surface area contributed by atoms with Crippen LogP contribution in [0.25, 0.3) is 0 Å². The highest BCUT2D eigenvalue weighted by Gasteiger charge is 2.20. The van der Waals surface area contributed by atoms with Gasteiger partial charge in [-0.2, -0.15) is 0 Å². The maximum absolute atomic E-state index is 10.0. The summed E-state index contributed by atoms with van der Waals surface area (Å²) in [6, 6.07) is 8.38. The topological polar surface area (TPSA) is 60.0 Å². The van der Waals surface area contributed by atoms with Crippen molar-refractivity contribution >= 4 is 7.12 Å². The molecular weight excluding hydrogens is 317 g/mol. The van der Waals surface area contributed by atoms with Crippen molar-refractivity contribution in [2.45, 2.75) is 58.5 Å². The maximum atomic E-state index is 10.0. The lowest BCUT2D eigenvalue weighted by Crippen LogP contribution is -2.40. The fourth-order valence-corrected chi connectivity index (χ4v) is 2.34. The van der Waals surface area contributed by atoms with Gasteiger partial charge in [0.2, 0.25) is 0 Å². The van der Waals surface area contributed by atoms with Crippen molar-refractivity contribution in [2.75, 3.05) is 26.9 Å². The van der Waals surface area contributed by atoms with Gasteiger partial charge in [0.25, 0.3) is 0 Å². The van der Waals surface area contributed by atoms with Crippen molar-refractivity contribution in [3.8, 4) is 5.75 Å². The summed E-state index contributed by atoms with van der Waals surface area (Å²) in [5.74, 6) is 0.808. The highest BCUT2D eigenvalue weighted by atomic mass is 16.6. The van der Waals surface area contributed by atoms with Crippen molar-refractivity contribution < 1.29 is 19.2 Å². The van der Waals surface area contributed by atoms with E-state index in [9.17, 15) is 5.02 Å². The van der Waals surface area contributed by atoms with E-state index in [4.69, 9.17) is 14.1 Å². The molecule has 0 bridgehead atoms. The summed E-state index contributed by atoms with van der Waals surface area (Å²) in [7, 11) is 0.969. The number of benzene rings is 1. The largest absolute Gasteiger partial charge is 0.491 e. The van der Waals surface area contributed by atoms with Gasteiger partial charge < -0.3 is 24.5 Å². The third kappa shape index (κ3) is 10.5. The fraction of sp³-hybridized carbons (Fsp3) is 0.684. The van der Waals surface area contributed by atoms with Gasteiger partial charge >= 0.3 is 7.12 Å². The highest BCUT2D eigenvalue weighted by molar-refractivity contribution is 6.42. The molecule has 1 rings (SSSR count). The Labute approximate surface area is 153 Å². The van der Waals surface area contributed by atoms with Gasteiger partial charge in [-0.15, -0.1) is 0 Å². The Morgan fingerprint density at radius 3 is 2.52 bits per heavy atom. The standard InChI is InChI=1S/C19H34BNO4/c1-5-6-12-20(22)25-19(14-21-16(2)3)15-24-18-9-7-17(8-10-18)11-13-23-4/h7-10,16,19,21-22H,5-6,11-15H2,1-4H3. The van der Waals surface area contributed by atoms with E-state index in [-0.39, 0.29) is 6.10 Å². The van der Waals surface area contributed by atoms with Crippen LogP contribution in [0.3, 0.4) is 0 Å². The Kier molecular flexibility index (Phi) is 11.6. The first-order valence-electron chi connectivity index (χ1n) is 9.32. The average molecular weight is 351 g/mol. The van der Waals surface area contributed by atoms with Crippen LogP contribution >= 0.6 is 0 Å². The lowest BCUT2D eigenvalue weighted by molar-refractivity contribution is 0.103. The quantitative estimate of drug-likeness (QED) is 0.505. The van der Waals surface area contributed by atoms with Crippen LogP contribution in [0.2, 0.25) is 6.32 Å². The zero-order valence-corrected chi connectivity index (χ0v) is 16.2.